The van der Waals surface area contributed by atoms with Crippen LogP contribution in [0.2, 0.25) is 5.02 Å². The van der Waals surface area contributed by atoms with E-state index < -0.39 is 42.8 Å². The minimum absolute atomic E-state index is 0.103. The number of hydrogen-bond acceptors (Lipinski definition) is 7. The maximum atomic E-state index is 13.3. The van der Waals surface area contributed by atoms with Crippen molar-refractivity contribution < 1.29 is 31.9 Å². The second-order valence-electron chi connectivity index (χ2n) is 9.57. The van der Waals surface area contributed by atoms with E-state index in [-0.39, 0.29) is 5.92 Å². The van der Waals surface area contributed by atoms with E-state index >= 15 is 0 Å². The summed E-state index contributed by atoms with van der Waals surface area (Å²) in [5.41, 5.74) is 0.637. The van der Waals surface area contributed by atoms with Gasteiger partial charge in [-0.25, -0.2) is 22.5 Å². The first-order valence-electron chi connectivity index (χ1n) is 12.9. The van der Waals surface area contributed by atoms with Crippen LogP contribution in [-0.4, -0.2) is 51.0 Å². The first kappa shape index (κ1) is 29.1. The predicted octanol–water partition coefficient (Wildman–Crippen LogP) is 6.70. The number of piperidine rings is 1. The lowest BCUT2D eigenvalue weighted by atomic mass is 9.97. The molecule has 218 valence electrons. The van der Waals surface area contributed by atoms with E-state index in [9.17, 15) is 22.4 Å². The van der Waals surface area contributed by atoms with Crippen LogP contribution in [0.25, 0.3) is 0 Å². The largest absolute Gasteiger partial charge is 0.489 e. The van der Waals surface area contributed by atoms with Crippen LogP contribution >= 0.6 is 22.9 Å². The molecule has 1 atom stereocenters. The summed E-state index contributed by atoms with van der Waals surface area (Å²) in [6, 6.07) is 6.02. The molecule has 0 bridgehead atoms. The van der Waals surface area contributed by atoms with Gasteiger partial charge < -0.3 is 14.5 Å². The van der Waals surface area contributed by atoms with Gasteiger partial charge in [0.25, 0.3) is 12.9 Å². The lowest BCUT2D eigenvalue weighted by Gasteiger charge is -2.31. The third-order valence-corrected chi connectivity index (χ3v) is 8.27. The van der Waals surface area contributed by atoms with Crippen molar-refractivity contribution in [2.45, 2.75) is 50.7 Å². The highest BCUT2D eigenvalue weighted by molar-refractivity contribution is 7.10. The van der Waals surface area contributed by atoms with Crippen LogP contribution in [-0.2, 0) is 16.2 Å². The number of thiazole rings is 1. The molecule has 2 aliphatic rings. The second kappa shape index (κ2) is 12.6. The molecule has 5 rings (SSSR count). The summed E-state index contributed by atoms with van der Waals surface area (Å²) in [5, 5.41) is 11.1. The molecule has 14 heteroatoms. The van der Waals surface area contributed by atoms with Gasteiger partial charge >= 0.3 is 0 Å². The van der Waals surface area contributed by atoms with Gasteiger partial charge in [0.2, 0.25) is 5.91 Å². The Labute approximate surface area is 242 Å². The summed E-state index contributed by atoms with van der Waals surface area (Å²) in [4.78, 5) is 24.8. The SMILES string of the molecule is C=CCOc1cccc(Cl)c1[C@H]1CC(c2csc(C3CCN(C(=O)Cn4nc(C(F)F)cc4C(F)F)CC3)n2)=NO1. The number of aromatic nitrogens is 3. The van der Waals surface area contributed by atoms with Gasteiger partial charge in [-0.15, -0.1) is 11.3 Å². The van der Waals surface area contributed by atoms with Crippen molar-refractivity contribution in [2.24, 2.45) is 5.16 Å². The quantitative estimate of drug-likeness (QED) is 0.188. The number of oxime groups is 1. The van der Waals surface area contributed by atoms with E-state index in [1.54, 1.807) is 23.1 Å². The van der Waals surface area contributed by atoms with Crippen LogP contribution < -0.4 is 4.74 Å². The molecule has 1 saturated heterocycles. The molecule has 8 nitrogen and oxygen atoms in total. The second-order valence-corrected chi connectivity index (χ2v) is 10.9. The zero-order valence-electron chi connectivity index (χ0n) is 21.7. The van der Waals surface area contributed by atoms with E-state index in [0.29, 0.717) is 77.4 Å². The number of benzene rings is 1. The average Bonchev–Trinajstić information content (AvgIpc) is 3.72. The highest BCUT2D eigenvalue weighted by Gasteiger charge is 2.32. The summed E-state index contributed by atoms with van der Waals surface area (Å²) < 4.78 is 58.8. The number of hydrogen-bond donors (Lipinski definition) is 0. The van der Waals surface area contributed by atoms with E-state index in [1.165, 1.54) is 11.3 Å². The van der Waals surface area contributed by atoms with Crippen molar-refractivity contribution in [3.05, 3.63) is 75.0 Å². The molecule has 3 aromatic rings. The molecule has 2 aliphatic heterocycles. The zero-order chi connectivity index (χ0) is 29.1. The zero-order valence-corrected chi connectivity index (χ0v) is 23.3. The maximum absolute atomic E-state index is 13.3. The molecule has 41 heavy (non-hydrogen) atoms. The van der Waals surface area contributed by atoms with Crippen molar-refractivity contribution in [3.63, 3.8) is 0 Å². The molecular formula is C27H26ClF4N5O3S. The Bertz CT molecular complexity index is 1440. The van der Waals surface area contributed by atoms with Gasteiger partial charge in [0.05, 0.1) is 21.3 Å². The standard InChI is InChI=1S/C27H26ClF4N5O3S/c1-2-10-39-21-5-3-4-16(28)24(21)22-12-17(35-40-22)19-14-41-27(33-19)15-6-8-36(9-7-15)23(38)13-37-20(26(31)32)11-18(34-37)25(29)30/h2-5,11,14-15,22,25-26H,1,6-10,12-13H2/t22-/m1/s1. The minimum Gasteiger partial charge on any atom is -0.489 e. The molecule has 0 aliphatic carbocycles. The molecular weight excluding hydrogens is 586 g/mol. The maximum Gasteiger partial charge on any atom is 0.282 e. The fraction of sp³-hybridized carbons (Fsp3) is 0.407. The Balaban J connectivity index is 1.18. The third kappa shape index (κ3) is 6.40. The first-order chi connectivity index (χ1) is 19.7. The van der Waals surface area contributed by atoms with Gasteiger partial charge in [0.1, 0.15) is 36.0 Å². The van der Waals surface area contributed by atoms with Crippen LogP contribution in [0.15, 0.2) is 47.5 Å². The highest BCUT2D eigenvalue weighted by Crippen LogP contribution is 2.40. The molecule has 1 amide bonds. The number of likely N-dealkylation sites (tertiary alicyclic amines) is 1. The Morgan fingerprint density at radius 1 is 1.24 bits per heavy atom. The molecule has 0 unspecified atom stereocenters. The van der Waals surface area contributed by atoms with Crippen LogP contribution in [0.3, 0.4) is 0 Å². The van der Waals surface area contributed by atoms with Crippen molar-refractivity contribution in [3.8, 4) is 5.75 Å². The molecule has 0 spiro atoms. The highest BCUT2D eigenvalue weighted by atomic mass is 35.5. The van der Waals surface area contributed by atoms with Crippen LogP contribution in [0, 0.1) is 0 Å². The lowest BCUT2D eigenvalue weighted by molar-refractivity contribution is -0.133. The van der Waals surface area contributed by atoms with Crippen LogP contribution in [0.4, 0.5) is 17.6 Å². The molecule has 0 radical (unpaired) electrons. The average molecular weight is 612 g/mol. The summed E-state index contributed by atoms with van der Waals surface area (Å²) in [6.45, 7) is 4.25. The van der Waals surface area contributed by atoms with Crippen LogP contribution in [0.1, 0.15) is 71.8 Å². The van der Waals surface area contributed by atoms with Crippen molar-refractivity contribution >= 4 is 34.6 Å². The molecule has 1 aromatic carbocycles. The first-order valence-corrected chi connectivity index (χ1v) is 14.1. The van der Waals surface area contributed by atoms with Crippen molar-refractivity contribution in [1.82, 2.24) is 19.7 Å². The fourth-order valence-electron chi connectivity index (χ4n) is 4.86. The molecule has 4 heterocycles. The monoisotopic (exact) mass is 611 g/mol. The van der Waals surface area contributed by atoms with E-state index in [2.05, 4.69) is 16.8 Å². The fourth-order valence-corrected chi connectivity index (χ4v) is 6.15. The summed E-state index contributed by atoms with van der Waals surface area (Å²) >= 11 is 7.95. The molecule has 2 aromatic heterocycles. The molecule has 1 fully saturated rings. The van der Waals surface area contributed by atoms with Gasteiger partial charge in [-0.05, 0) is 31.0 Å². The number of alkyl halides is 4. The van der Waals surface area contributed by atoms with E-state index in [1.807, 2.05) is 11.4 Å². The third-order valence-electron chi connectivity index (χ3n) is 6.94. The molecule has 0 saturated carbocycles. The Kier molecular flexibility index (Phi) is 8.93. The number of carbonyl (C=O) groups excluding carboxylic acids is 1. The number of rotatable bonds is 10. The summed E-state index contributed by atoms with van der Waals surface area (Å²) in [5.74, 6) is 0.255. The van der Waals surface area contributed by atoms with Crippen LogP contribution in [0.5, 0.6) is 5.75 Å². The van der Waals surface area contributed by atoms with Crippen molar-refractivity contribution in [2.75, 3.05) is 19.7 Å². The van der Waals surface area contributed by atoms with E-state index in [0.717, 1.165) is 5.01 Å². The normalized spacial score (nSPS) is 17.7. The number of carbonyl (C=O) groups is 1. The lowest BCUT2D eigenvalue weighted by Crippen LogP contribution is -2.40. The van der Waals surface area contributed by atoms with Gasteiger partial charge in [-0.3, -0.25) is 9.48 Å². The Morgan fingerprint density at radius 2 is 2.02 bits per heavy atom. The minimum atomic E-state index is -3.02. The smallest absolute Gasteiger partial charge is 0.282 e. The van der Waals surface area contributed by atoms with Gasteiger partial charge in [-0.1, -0.05) is 35.5 Å². The van der Waals surface area contributed by atoms with Gasteiger partial charge in [0.15, 0.2) is 6.10 Å². The summed E-state index contributed by atoms with van der Waals surface area (Å²) in [6.07, 6.45) is -3.09. The summed E-state index contributed by atoms with van der Waals surface area (Å²) in [7, 11) is 0. The van der Waals surface area contributed by atoms with Crippen molar-refractivity contribution in [1.29, 1.82) is 0 Å². The Morgan fingerprint density at radius 3 is 2.73 bits per heavy atom. The van der Waals surface area contributed by atoms with Gasteiger partial charge in [-0.2, -0.15) is 5.10 Å². The number of nitrogens with zero attached hydrogens (tertiary/aromatic N) is 5. The number of ether oxygens (including phenoxy) is 1. The van der Waals surface area contributed by atoms with Gasteiger partial charge in [0, 0.05) is 30.8 Å². The van der Waals surface area contributed by atoms with E-state index in [4.69, 9.17) is 26.2 Å². The Hall–Kier alpha value is -3.45. The number of amides is 1. The number of halogens is 5. The molecule has 0 N–H and O–H groups in total. The predicted molar refractivity (Wildman–Crippen MR) is 145 cm³/mol. The topological polar surface area (TPSA) is 81.8 Å².